The van der Waals surface area contributed by atoms with Gasteiger partial charge in [-0.1, -0.05) is 5.16 Å². The lowest BCUT2D eigenvalue weighted by atomic mass is 10.1. The molecule has 0 spiro atoms. The van der Waals surface area contributed by atoms with Crippen molar-refractivity contribution in [3.05, 3.63) is 29.7 Å². The molecule has 0 N–H and O–H groups in total. The summed E-state index contributed by atoms with van der Waals surface area (Å²) in [6.45, 7) is 4.18. The van der Waals surface area contributed by atoms with E-state index in [9.17, 15) is 0 Å². The first kappa shape index (κ1) is 6.40. The fourth-order valence-electron chi connectivity index (χ4n) is 1.28. The minimum Gasteiger partial charge on any atom is -0.364 e. The molecule has 1 aliphatic carbocycles. The van der Waals surface area contributed by atoms with Crippen LogP contribution in [-0.2, 0) is 0 Å². The van der Waals surface area contributed by atoms with Gasteiger partial charge in [-0.2, -0.15) is 0 Å². The molecule has 11 heavy (non-hydrogen) atoms. The molecule has 2 rings (SSSR count). The number of aromatic nitrogens is 1. The van der Waals surface area contributed by atoms with Crippen LogP contribution >= 0.6 is 0 Å². The van der Waals surface area contributed by atoms with Crippen molar-refractivity contribution >= 4 is 0 Å². The molecule has 1 heterocycles. The Hall–Kier alpha value is -1.31. The number of rotatable bonds is 0. The molecule has 2 heteroatoms. The molecule has 0 atom stereocenters. The third-order valence-corrected chi connectivity index (χ3v) is 2.10. The van der Waals surface area contributed by atoms with Gasteiger partial charge in [-0.05, 0) is 31.0 Å². The average molecular weight is 147 g/mol. The maximum absolute atomic E-state index is 4.83. The highest BCUT2D eigenvalue weighted by Gasteiger charge is 2.09. The summed E-state index contributed by atoms with van der Waals surface area (Å²) in [5, 5.41) is 3.69. The van der Waals surface area contributed by atoms with Crippen molar-refractivity contribution in [1.82, 2.24) is 5.16 Å². The predicted octanol–water partition coefficient (Wildman–Crippen LogP) is 2.40. The quantitative estimate of drug-likeness (QED) is 0.571. The Balaban J connectivity index is 2.81. The van der Waals surface area contributed by atoms with Crippen LogP contribution < -0.4 is 0 Å². The van der Waals surface area contributed by atoms with Gasteiger partial charge in [-0.3, -0.25) is 0 Å². The smallest absolute Gasteiger partial charge is 0.130 e. The van der Waals surface area contributed by atoms with Crippen molar-refractivity contribution in [2.45, 2.75) is 13.8 Å². The minimum absolute atomic E-state index is 1.16. The molecular formula is C9H9NO. The second kappa shape index (κ2) is 2.09. The summed E-state index contributed by atoms with van der Waals surface area (Å²) in [5.41, 5.74) is 4.90. The largest absolute Gasteiger partial charge is 0.364 e. The molecule has 0 aromatic carbocycles. The van der Waals surface area contributed by atoms with Crippen molar-refractivity contribution in [3.63, 3.8) is 0 Å². The number of fused-ring (bicyclic) bond motifs is 1. The molecular weight excluding hydrogens is 138 g/mol. The first-order valence-electron chi connectivity index (χ1n) is 3.58. The van der Waals surface area contributed by atoms with E-state index in [0.717, 1.165) is 11.1 Å². The lowest BCUT2D eigenvalue weighted by molar-refractivity contribution is 0.401. The molecule has 0 saturated heterocycles. The number of aryl methyl sites for hydroxylation is 1. The highest BCUT2D eigenvalue weighted by atomic mass is 16.4. The molecule has 0 amide bonds. The zero-order chi connectivity index (χ0) is 7.84. The standard InChI is InChI=1S/C9H9NO/c1-6-3-8-4-10-11-5-9(8)7(6)2/h3-5H,1-2H3. The van der Waals surface area contributed by atoms with E-state index in [4.69, 9.17) is 4.52 Å². The van der Waals surface area contributed by atoms with E-state index in [-0.39, 0.29) is 0 Å². The van der Waals surface area contributed by atoms with Crippen molar-refractivity contribution in [1.29, 1.82) is 0 Å². The monoisotopic (exact) mass is 147 g/mol. The van der Waals surface area contributed by atoms with Gasteiger partial charge >= 0.3 is 0 Å². The summed E-state index contributed by atoms with van der Waals surface area (Å²) in [4.78, 5) is 0. The molecule has 0 aromatic rings. The van der Waals surface area contributed by atoms with Crippen LogP contribution in [0.15, 0.2) is 23.0 Å². The van der Waals surface area contributed by atoms with E-state index in [2.05, 4.69) is 25.1 Å². The van der Waals surface area contributed by atoms with Crippen LogP contribution in [0.25, 0.3) is 11.1 Å². The van der Waals surface area contributed by atoms with Crippen LogP contribution in [0.5, 0.6) is 0 Å². The van der Waals surface area contributed by atoms with Gasteiger partial charge in [0.2, 0.25) is 0 Å². The molecule has 0 saturated carbocycles. The molecule has 0 bridgehead atoms. The van der Waals surface area contributed by atoms with Crippen LogP contribution in [-0.4, -0.2) is 5.16 Å². The van der Waals surface area contributed by atoms with Gasteiger partial charge in [0, 0.05) is 11.1 Å². The Kier molecular flexibility index (Phi) is 1.22. The second-order valence-corrected chi connectivity index (χ2v) is 2.78. The van der Waals surface area contributed by atoms with Crippen molar-refractivity contribution in [2.75, 3.05) is 0 Å². The normalized spacial score (nSPS) is 10.7. The summed E-state index contributed by atoms with van der Waals surface area (Å²) in [7, 11) is 0. The van der Waals surface area contributed by atoms with E-state index < -0.39 is 0 Å². The minimum atomic E-state index is 1.16. The van der Waals surface area contributed by atoms with Crippen LogP contribution in [0.1, 0.15) is 11.1 Å². The van der Waals surface area contributed by atoms with E-state index in [1.807, 2.05) is 0 Å². The van der Waals surface area contributed by atoms with Crippen LogP contribution in [0.2, 0.25) is 0 Å². The Morgan fingerprint density at radius 2 is 2.18 bits per heavy atom. The number of hydrogen-bond donors (Lipinski definition) is 0. The fraction of sp³-hybridized carbons (Fsp3) is 0.222. The number of hydrogen-bond acceptors (Lipinski definition) is 2. The maximum atomic E-state index is 4.83. The third-order valence-electron chi connectivity index (χ3n) is 2.10. The summed E-state index contributed by atoms with van der Waals surface area (Å²) in [6.07, 6.45) is 3.44. The van der Waals surface area contributed by atoms with Crippen molar-refractivity contribution in [3.8, 4) is 11.1 Å². The van der Waals surface area contributed by atoms with Gasteiger partial charge in [0.05, 0.1) is 6.20 Å². The Morgan fingerprint density at radius 1 is 1.36 bits per heavy atom. The zero-order valence-electron chi connectivity index (χ0n) is 6.59. The van der Waals surface area contributed by atoms with Gasteiger partial charge in [0.15, 0.2) is 0 Å². The Morgan fingerprint density at radius 3 is 2.91 bits per heavy atom. The molecule has 1 aliphatic heterocycles. The molecule has 56 valence electrons. The molecule has 0 fully saturated rings. The fourth-order valence-corrected chi connectivity index (χ4v) is 1.28. The van der Waals surface area contributed by atoms with Gasteiger partial charge < -0.3 is 4.52 Å². The van der Waals surface area contributed by atoms with Crippen molar-refractivity contribution < 1.29 is 4.52 Å². The molecule has 2 nitrogen and oxygen atoms in total. The predicted molar refractivity (Wildman–Crippen MR) is 42.6 cm³/mol. The summed E-state index contributed by atoms with van der Waals surface area (Å²) >= 11 is 0. The van der Waals surface area contributed by atoms with Crippen LogP contribution in [0, 0.1) is 13.8 Å². The van der Waals surface area contributed by atoms with Gasteiger partial charge in [-0.15, -0.1) is 0 Å². The highest BCUT2D eigenvalue weighted by molar-refractivity contribution is 5.70. The second-order valence-electron chi connectivity index (χ2n) is 2.78. The molecule has 0 radical (unpaired) electrons. The van der Waals surface area contributed by atoms with Crippen LogP contribution in [0.4, 0.5) is 0 Å². The molecule has 0 unspecified atom stereocenters. The highest BCUT2D eigenvalue weighted by Crippen LogP contribution is 2.29. The topological polar surface area (TPSA) is 26.0 Å². The van der Waals surface area contributed by atoms with E-state index in [1.54, 1.807) is 12.5 Å². The lowest BCUT2D eigenvalue weighted by Gasteiger charge is -1.94. The number of nitrogens with zero attached hydrogens (tertiary/aromatic N) is 1. The van der Waals surface area contributed by atoms with E-state index in [0.29, 0.717) is 0 Å². The third kappa shape index (κ3) is 0.827. The summed E-state index contributed by atoms with van der Waals surface area (Å²) in [5.74, 6) is 0. The van der Waals surface area contributed by atoms with Gasteiger partial charge in [0.25, 0.3) is 0 Å². The van der Waals surface area contributed by atoms with Gasteiger partial charge in [0.1, 0.15) is 6.26 Å². The Bertz CT molecular complexity index is 347. The zero-order valence-corrected chi connectivity index (χ0v) is 6.59. The van der Waals surface area contributed by atoms with Crippen molar-refractivity contribution in [2.24, 2.45) is 0 Å². The van der Waals surface area contributed by atoms with Gasteiger partial charge in [-0.25, -0.2) is 0 Å². The first-order chi connectivity index (χ1) is 5.29. The van der Waals surface area contributed by atoms with Crippen LogP contribution in [0.3, 0.4) is 0 Å². The lowest BCUT2D eigenvalue weighted by Crippen LogP contribution is -1.77. The SMILES string of the molecule is Cc1cc2cnocc-2c1C. The maximum Gasteiger partial charge on any atom is 0.130 e. The first-order valence-corrected chi connectivity index (χ1v) is 3.58. The summed E-state index contributed by atoms with van der Waals surface area (Å²) < 4.78 is 4.83. The van der Waals surface area contributed by atoms with E-state index >= 15 is 0 Å². The summed E-state index contributed by atoms with van der Waals surface area (Å²) in [6, 6.07) is 2.12. The molecule has 2 aliphatic rings. The van der Waals surface area contributed by atoms with E-state index in [1.165, 1.54) is 11.1 Å². The molecule has 0 aromatic heterocycles. The average Bonchev–Trinajstić information content (AvgIpc) is 2.30. The Labute approximate surface area is 65.2 Å².